The van der Waals surface area contributed by atoms with Crippen LogP contribution in [-0.2, 0) is 0 Å². The molecular formula is C17H32. The monoisotopic (exact) mass is 236 g/mol. The Kier molecular flexibility index (Phi) is 6.30. The molecule has 1 aliphatic rings. The molecular weight excluding hydrogens is 204 g/mol. The molecule has 3 atom stereocenters. The van der Waals surface area contributed by atoms with Crippen LogP contribution in [0.25, 0.3) is 0 Å². The van der Waals surface area contributed by atoms with Gasteiger partial charge in [-0.1, -0.05) is 52.7 Å². The zero-order valence-electron chi connectivity index (χ0n) is 12.6. The number of rotatable bonds is 8. The highest BCUT2D eigenvalue weighted by Crippen LogP contribution is 2.40. The van der Waals surface area contributed by atoms with Crippen LogP contribution >= 0.6 is 0 Å². The van der Waals surface area contributed by atoms with Gasteiger partial charge in [-0.25, -0.2) is 0 Å². The summed E-state index contributed by atoms with van der Waals surface area (Å²) >= 11 is 0. The Hall–Kier alpha value is -0.260. The van der Waals surface area contributed by atoms with Crippen molar-refractivity contribution in [2.45, 2.75) is 66.7 Å². The molecule has 17 heavy (non-hydrogen) atoms. The standard InChI is InChI=1S/C17H32/c1-6-7-14(4)8-11-17(12-16-9-10-16)15(5)13(2)3/h6-7,13-17H,8-12H2,1-5H3. The minimum Gasteiger partial charge on any atom is -0.0914 e. The Morgan fingerprint density at radius 2 is 1.71 bits per heavy atom. The summed E-state index contributed by atoms with van der Waals surface area (Å²) in [6.07, 6.45) is 11.9. The van der Waals surface area contributed by atoms with Gasteiger partial charge in [-0.2, -0.15) is 0 Å². The highest BCUT2D eigenvalue weighted by molar-refractivity contribution is 4.85. The predicted molar refractivity (Wildman–Crippen MR) is 78.0 cm³/mol. The van der Waals surface area contributed by atoms with Crippen molar-refractivity contribution >= 4 is 0 Å². The first-order chi connectivity index (χ1) is 8.04. The molecule has 0 nitrogen and oxygen atoms in total. The van der Waals surface area contributed by atoms with Gasteiger partial charge in [0, 0.05) is 0 Å². The largest absolute Gasteiger partial charge is 0.0914 e. The second kappa shape index (κ2) is 7.24. The summed E-state index contributed by atoms with van der Waals surface area (Å²) < 4.78 is 0. The van der Waals surface area contributed by atoms with Crippen LogP contribution in [0.4, 0.5) is 0 Å². The Morgan fingerprint density at radius 3 is 2.18 bits per heavy atom. The maximum absolute atomic E-state index is 2.47. The number of hydrogen-bond donors (Lipinski definition) is 0. The zero-order chi connectivity index (χ0) is 12.8. The zero-order valence-corrected chi connectivity index (χ0v) is 12.6. The molecule has 0 saturated heterocycles. The smallest absolute Gasteiger partial charge is 0.0262 e. The topological polar surface area (TPSA) is 0 Å². The van der Waals surface area contributed by atoms with Crippen LogP contribution in [0.3, 0.4) is 0 Å². The number of allylic oxidation sites excluding steroid dienone is 2. The van der Waals surface area contributed by atoms with E-state index in [4.69, 9.17) is 0 Å². The van der Waals surface area contributed by atoms with Crippen LogP contribution in [-0.4, -0.2) is 0 Å². The summed E-state index contributed by atoms with van der Waals surface area (Å²) in [4.78, 5) is 0. The highest BCUT2D eigenvalue weighted by atomic mass is 14.3. The van der Waals surface area contributed by atoms with Crippen LogP contribution in [0.2, 0.25) is 0 Å². The Morgan fingerprint density at radius 1 is 1.06 bits per heavy atom. The van der Waals surface area contributed by atoms with Crippen LogP contribution in [0.15, 0.2) is 12.2 Å². The molecule has 0 heterocycles. The molecule has 3 unspecified atom stereocenters. The van der Waals surface area contributed by atoms with E-state index >= 15 is 0 Å². The Balaban J connectivity index is 2.39. The van der Waals surface area contributed by atoms with Crippen molar-refractivity contribution in [3.8, 4) is 0 Å². The number of hydrogen-bond acceptors (Lipinski definition) is 0. The lowest BCUT2D eigenvalue weighted by Gasteiger charge is -2.28. The first kappa shape index (κ1) is 14.8. The van der Waals surface area contributed by atoms with Gasteiger partial charge in [0.05, 0.1) is 0 Å². The fraction of sp³-hybridized carbons (Fsp3) is 0.882. The Labute approximate surface area is 109 Å². The fourth-order valence-corrected chi connectivity index (χ4v) is 2.82. The lowest BCUT2D eigenvalue weighted by Crippen LogP contribution is -2.18. The molecule has 0 N–H and O–H groups in total. The van der Waals surface area contributed by atoms with Gasteiger partial charge in [-0.05, 0) is 55.8 Å². The quantitative estimate of drug-likeness (QED) is 0.475. The second-order valence-electron chi connectivity index (χ2n) is 6.62. The molecule has 0 aromatic rings. The van der Waals surface area contributed by atoms with Gasteiger partial charge in [0.1, 0.15) is 0 Å². The molecule has 1 rings (SSSR count). The predicted octanol–water partition coefficient (Wildman–Crippen LogP) is 5.69. The molecule has 0 heteroatoms. The van der Waals surface area contributed by atoms with Crippen LogP contribution in [0.1, 0.15) is 66.7 Å². The third-order valence-electron chi connectivity index (χ3n) is 4.64. The molecule has 0 bridgehead atoms. The Bertz CT molecular complexity index is 222. The summed E-state index contributed by atoms with van der Waals surface area (Å²) in [5.74, 6) is 4.55. The first-order valence-electron chi connectivity index (χ1n) is 7.67. The third-order valence-corrected chi connectivity index (χ3v) is 4.64. The van der Waals surface area contributed by atoms with Crippen molar-refractivity contribution in [1.29, 1.82) is 0 Å². The molecule has 0 spiro atoms. The lowest BCUT2D eigenvalue weighted by atomic mass is 9.78. The lowest BCUT2D eigenvalue weighted by molar-refractivity contribution is 0.229. The van der Waals surface area contributed by atoms with E-state index in [9.17, 15) is 0 Å². The van der Waals surface area contributed by atoms with E-state index in [0.29, 0.717) is 0 Å². The van der Waals surface area contributed by atoms with E-state index in [1.54, 1.807) is 0 Å². The summed E-state index contributed by atoms with van der Waals surface area (Å²) in [5.41, 5.74) is 0. The maximum Gasteiger partial charge on any atom is -0.0262 e. The molecule has 1 saturated carbocycles. The fourth-order valence-electron chi connectivity index (χ4n) is 2.82. The van der Waals surface area contributed by atoms with E-state index < -0.39 is 0 Å². The molecule has 0 aliphatic heterocycles. The summed E-state index contributed by atoms with van der Waals surface area (Å²) in [5, 5.41) is 0. The molecule has 0 amide bonds. The van der Waals surface area contributed by atoms with Gasteiger partial charge < -0.3 is 0 Å². The van der Waals surface area contributed by atoms with Crippen molar-refractivity contribution in [2.75, 3.05) is 0 Å². The van der Waals surface area contributed by atoms with E-state index in [-0.39, 0.29) is 0 Å². The van der Waals surface area contributed by atoms with Gasteiger partial charge in [0.2, 0.25) is 0 Å². The summed E-state index contributed by atoms with van der Waals surface area (Å²) in [6.45, 7) is 11.7. The molecule has 0 aromatic heterocycles. The molecule has 1 aliphatic carbocycles. The third kappa shape index (κ3) is 5.75. The van der Waals surface area contributed by atoms with Crippen molar-refractivity contribution in [3.05, 3.63) is 12.2 Å². The molecule has 1 fully saturated rings. The van der Waals surface area contributed by atoms with Gasteiger partial charge >= 0.3 is 0 Å². The summed E-state index contributed by atoms with van der Waals surface area (Å²) in [6, 6.07) is 0. The van der Waals surface area contributed by atoms with E-state index in [0.717, 1.165) is 29.6 Å². The average molecular weight is 236 g/mol. The second-order valence-corrected chi connectivity index (χ2v) is 6.62. The van der Waals surface area contributed by atoms with Gasteiger partial charge in [-0.15, -0.1) is 0 Å². The van der Waals surface area contributed by atoms with Gasteiger partial charge in [-0.3, -0.25) is 0 Å². The van der Waals surface area contributed by atoms with Crippen molar-refractivity contribution < 1.29 is 0 Å². The van der Waals surface area contributed by atoms with Crippen LogP contribution in [0.5, 0.6) is 0 Å². The van der Waals surface area contributed by atoms with Crippen molar-refractivity contribution in [1.82, 2.24) is 0 Å². The molecule has 0 aromatic carbocycles. The SMILES string of the molecule is CC=CC(C)CCC(CC1CC1)C(C)C(C)C. The van der Waals surface area contributed by atoms with E-state index in [1.165, 1.54) is 32.1 Å². The summed E-state index contributed by atoms with van der Waals surface area (Å²) in [7, 11) is 0. The van der Waals surface area contributed by atoms with E-state index in [2.05, 4.69) is 46.8 Å². The van der Waals surface area contributed by atoms with Crippen LogP contribution < -0.4 is 0 Å². The normalized spacial score (nSPS) is 22.0. The van der Waals surface area contributed by atoms with Crippen molar-refractivity contribution in [2.24, 2.45) is 29.6 Å². The average Bonchev–Trinajstić information content (AvgIpc) is 3.07. The van der Waals surface area contributed by atoms with E-state index in [1.807, 2.05) is 0 Å². The van der Waals surface area contributed by atoms with Crippen molar-refractivity contribution in [3.63, 3.8) is 0 Å². The molecule has 0 radical (unpaired) electrons. The molecule has 100 valence electrons. The minimum absolute atomic E-state index is 0.765. The van der Waals surface area contributed by atoms with Gasteiger partial charge in [0.25, 0.3) is 0 Å². The van der Waals surface area contributed by atoms with Crippen LogP contribution in [0, 0.1) is 29.6 Å². The minimum atomic E-state index is 0.765. The maximum atomic E-state index is 2.47. The highest BCUT2D eigenvalue weighted by Gasteiger charge is 2.29. The van der Waals surface area contributed by atoms with Gasteiger partial charge in [0.15, 0.2) is 0 Å². The first-order valence-corrected chi connectivity index (χ1v) is 7.67.